The number of ether oxygens (including phenoxy) is 1. The fraction of sp³-hybridized carbons (Fsp3) is 0.286. The summed E-state index contributed by atoms with van der Waals surface area (Å²) in [4.78, 5) is 0. The molecule has 0 bridgehead atoms. The molecular weight excluding hydrogens is 248 g/mol. The highest BCUT2D eigenvalue weighted by Crippen LogP contribution is 2.25. The Kier molecular flexibility index (Phi) is 4.28. The third-order valence-corrected chi connectivity index (χ3v) is 3.31. The maximum atomic E-state index is 6.17. The molecule has 4 heteroatoms. The smallest absolute Gasteiger partial charge is 0.124 e. The van der Waals surface area contributed by atoms with Crippen LogP contribution in [-0.2, 0) is 20.1 Å². The molecule has 1 heterocycles. The van der Waals surface area contributed by atoms with Crippen LogP contribution in [0.2, 0.25) is 5.02 Å². The lowest BCUT2D eigenvalue weighted by molar-refractivity contribution is 0.407. The standard InChI is InChI=1S/C14H17ClN2O/c1-17-8-4-5-11(17)9-16-10-12-13(15)6-3-7-14(12)18-2/h3-8,16H,9-10H2,1-2H3. The van der Waals surface area contributed by atoms with E-state index in [9.17, 15) is 0 Å². The zero-order chi connectivity index (χ0) is 13.0. The Balaban J connectivity index is 2.00. The Morgan fingerprint density at radius 2 is 2.06 bits per heavy atom. The van der Waals surface area contributed by atoms with Gasteiger partial charge in [-0.3, -0.25) is 0 Å². The fourth-order valence-corrected chi connectivity index (χ4v) is 2.13. The predicted octanol–water partition coefficient (Wildman–Crippen LogP) is 2.98. The topological polar surface area (TPSA) is 26.2 Å². The molecule has 0 aliphatic rings. The molecule has 96 valence electrons. The Morgan fingerprint density at radius 1 is 1.22 bits per heavy atom. The van der Waals surface area contributed by atoms with Crippen molar-refractivity contribution >= 4 is 11.6 Å². The van der Waals surface area contributed by atoms with Crippen LogP contribution in [0, 0.1) is 0 Å². The van der Waals surface area contributed by atoms with Crippen LogP contribution < -0.4 is 10.1 Å². The zero-order valence-corrected chi connectivity index (χ0v) is 11.4. The summed E-state index contributed by atoms with van der Waals surface area (Å²) in [5, 5.41) is 4.11. The maximum absolute atomic E-state index is 6.17. The minimum absolute atomic E-state index is 0.689. The van der Waals surface area contributed by atoms with Crippen LogP contribution in [0.4, 0.5) is 0 Å². The molecule has 1 aromatic heterocycles. The molecule has 0 saturated carbocycles. The van der Waals surface area contributed by atoms with Crippen LogP contribution >= 0.6 is 11.6 Å². The van der Waals surface area contributed by atoms with Gasteiger partial charge in [0, 0.05) is 42.6 Å². The first-order valence-electron chi connectivity index (χ1n) is 5.84. The number of hydrogen-bond acceptors (Lipinski definition) is 2. The molecule has 0 fully saturated rings. The average Bonchev–Trinajstić information content (AvgIpc) is 2.77. The first kappa shape index (κ1) is 13.0. The van der Waals surface area contributed by atoms with Crippen molar-refractivity contribution in [1.82, 2.24) is 9.88 Å². The van der Waals surface area contributed by atoms with E-state index < -0.39 is 0 Å². The third kappa shape index (κ3) is 2.86. The van der Waals surface area contributed by atoms with Crippen LogP contribution in [0.5, 0.6) is 5.75 Å². The Hall–Kier alpha value is -1.45. The lowest BCUT2D eigenvalue weighted by Gasteiger charge is -2.11. The van der Waals surface area contributed by atoms with Crippen LogP contribution in [0.15, 0.2) is 36.5 Å². The van der Waals surface area contributed by atoms with E-state index in [2.05, 4.69) is 16.0 Å². The molecule has 1 N–H and O–H groups in total. The summed E-state index contributed by atoms with van der Waals surface area (Å²) in [6.07, 6.45) is 2.03. The molecule has 0 atom stereocenters. The van der Waals surface area contributed by atoms with Crippen molar-refractivity contribution in [3.05, 3.63) is 52.8 Å². The summed E-state index contributed by atoms with van der Waals surface area (Å²) in [6, 6.07) is 9.82. The van der Waals surface area contributed by atoms with E-state index in [1.54, 1.807) is 7.11 Å². The second kappa shape index (κ2) is 5.94. The number of halogens is 1. The second-order valence-corrected chi connectivity index (χ2v) is 4.54. The largest absolute Gasteiger partial charge is 0.496 e. The van der Waals surface area contributed by atoms with E-state index in [1.165, 1.54) is 5.69 Å². The zero-order valence-electron chi connectivity index (χ0n) is 10.6. The summed E-state index contributed by atoms with van der Waals surface area (Å²) >= 11 is 6.17. The van der Waals surface area contributed by atoms with Gasteiger partial charge in [0.05, 0.1) is 7.11 Å². The summed E-state index contributed by atoms with van der Waals surface area (Å²) in [5.74, 6) is 0.821. The summed E-state index contributed by atoms with van der Waals surface area (Å²) in [7, 11) is 3.69. The molecule has 2 rings (SSSR count). The Bertz CT molecular complexity index is 522. The molecule has 0 unspecified atom stereocenters. The van der Waals surface area contributed by atoms with Crippen LogP contribution in [-0.4, -0.2) is 11.7 Å². The Labute approximate surface area is 112 Å². The molecule has 18 heavy (non-hydrogen) atoms. The second-order valence-electron chi connectivity index (χ2n) is 4.13. The highest BCUT2D eigenvalue weighted by atomic mass is 35.5. The minimum atomic E-state index is 0.689. The highest BCUT2D eigenvalue weighted by molar-refractivity contribution is 6.31. The van der Waals surface area contributed by atoms with Crippen molar-refractivity contribution in [2.75, 3.05) is 7.11 Å². The molecule has 0 spiro atoms. The highest BCUT2D eigenvalue weighted by Gasteiger charge is 2.07. The SMILES string of the molecule is COc1cccc(Cl)c1CNCc1cccn1C. The lowest BCUT2D eigenvalue weighted by atomic mass is 10.2. The first-order valence-corrected chi connectivity index (χ1v) is 6.22. The predicted molar refractivity (Wildman–Crippen MR) is 74.0 cm³/mol. The molecule has 0 aliphatic heterocycles. The monoisotopic (exact) mass is 264 g/mol. The molecule has 3 nitrogen and oxygen atoms in total. The summed E-state index contributed by atoms with van der Waals surface area (Å²) in [5.41, 5.74) is 2.23. The van der Waals surface area contributed by atoms with Gasteiger partial charge < -0.3 is 14.6 Å². The van der Waals surface area contributed by atoms with E-state index in [-0.39, 0.29) is 0 Å². The van der Waals surface area contributed by atoms with Gasteiger partial charge in [-0.1, -0.05) is 17.7 Å². The van der Waals surface area contributed by atoms with Gasteiger partial charge in [0.2, 0.25) is 0 Å². The number of nitrogens with zero attached hydrogens (tertiary/aromatic N) is 1. The molecule has 1 aromatic carbocycles. The van der Waals surface area contributed by atoms with E-state index in [4.69, 9.17) is 16.3 Å². The van der Waals surface area contributed by atoms with E-state index in [1.807, 2.05) is 37.5 Å². The Morgan fingerprint density at radius 3 is 2.72 bits per heavy atom. The third-order valence-electron chi connectivity index (χ3n) is 2.96. The van der Waals surface area contributed by atoms with E-state index in [0.717, 1.165) is 22.9 Å². The molecular formula is C14H17ClN2O. The molecule has 2 aromatic rings. The van der Waals surface area contributed by atoms with Crippen molar-refractivity contribution < 1.29 is 4.74 Å². The number of aryl methyl sites for hydroxylation is 1. The van der Waals surface area contributed by atoms with Gasteiger partial charge >= 0.3 is 0 Å². The van der Waals surface area contributed by atoms with E-state index >= 15 is 0 Å². The number of aromatic nitrogens is 1. The first-order chi connectivity index (χ1) is 8.72. The number of nitrogens with one attached hydrogen (secondary N) is 1. The maximum Gasteiger partial charge on any atom is 0.124 e. The van der Waals surface area contributed by atoms with Gasteiger partial charge in [0.25, 0.3) is 0 Å². The van der Waals surface area contributed by atoms with E-state index in [0.29, 0.717) is 6.54 Å². The average molecular weight is 265 g/mol. The van der Waals surface area contributed by atoms with Crippen molar-refractivity contribution in [1.29, 1.82) is 0 Å². The van der Waals surface area contributed by atoms with Crippen LogP contribution in [0.25, 0.3) is 0 Å². The van der Waals surface area contributed by atoms with Gasteiger partial charge in [-0.05, 0) is 24.3 Å². The van der Waals surface area contributed by atoms with Crippen molar-refractivity contribution in [3.63, 3.8) is 0 Å². The molecule has 0 amide bonds. The van der Waals surface area contributed by atoms with Gasteiger partial charge in [-0.2, -0.15) is 0 Å². The van der Waals surface area contributed by atoms with Crippen LogP contribution in [0.3, 0.4) is 0 Å². The number of rotatable bonds is 5. The number of hydrogen-bond donors (Lipinski definition) is 1. The molecule has 0 radical (unpaired) electrons. The normalized spacial score (nSPS) is 10.6. The molecule has 0 saturated heterocycles. The van der Waals surface area contributed by atoms with Crippen LogP contribution in [0.1, 0.15) is 11.3 Å². The fourth-order valence-electron chi connectivity index (χ4n) is 1.90. The number of methoxy groups -OCH3 is 1. The minimum Gasteiger partial charge on any atom is -0.496 e. The van der Waals surface area contributed by atoms with Crippen molar-refractivity contribution in [2.45, 2.75) is 13.1 Å². The van der Waals surface area contributed by atoms with Crippen molar-refractivity contribution in [2.24, 2.45) is 7.05 Å². The quantitative estimate of drug-likeness (QED) is 0.899. The van der Waals surface area contributed by atoms with Gasteiger partial charge in [-0.15, -0.1) is 0 Å². The van der Waals surface area contributed by atoms with Crippen molar-refractivity contribution in [3.8, 4) is 5.75 Å². The van der Waals surface area contributed by atoms with Gasteiger partial charge in [0.15, 0.2) is 0 Å². The lowest BCUT2D eigenvalue weighted by Crippen LogP contribution is -2.15. The number of benzene rings is 1. The molecule has 0 aliphatic carbocycles. The summed E-state index contributed by atoms with van der Waals surface area (Å²) in [6.45, 7) is 1.49. The van der Waals surface area contributed by atoms with Gasteiger partial charge in [0.1, 0.15) is 5.75 Å². The summed E-state index contributed by atoms with van der Waals surface area (Å²) < 4.78 is 7.40. The van der Waals surface area contributed by atoms with Gasteiger partial charge in [-0.25, -0.2) is 0 Å².